The van der Waals surface area contributed by atoms with E-state index >= 15 is 0 Å². The van der Waals surface area contributed by atoms with Crippen molar-refractivity contribution in [3.8, 4) is 0 Å². The number of pyridine rings is 1. The van der Waals surface area contributed by atoms with Gasteiger partial charge in [0.15, 0.2) is 5.65 Å². The molecule has 0 aliphatic carbocycles. The molecule has 100 valence electrons. The van der Waals surface area contributed by atoms with Gasteiger partial charge in [-0.3, -0.25) is 9.20 Å². The van der Waals surface area contributed by atoms with Crippen LogP contribution in [0, 0.1) is 0 Å². The van der Waals surface area contributed by atoms with Crippen molar-refractivity contribution in [3.63, 3.8) is 0 Å². The number of benzene rings is 1. The highest BCUT2D eigenvalue weighted by Crippen LogP contribution is 2.22. The minimum Gasteiger partial charge on any atom is -0.319 e. The van der Waals surface area contributed by atoms with Crippen LogP contribution in [0.15, 0.2) is 51.8 Å². The Balaban J connectivity index is 1.97. The Hall–Kier alpha value is -1.73. The van der Waals surface area contributed by atoms with Crippen LogP contribution in [0.25, 0.3) is 5.65 Å². The lowest BCUT2D eigenvalue weighted by molar-refractivity contribution is 0.102. The van der Waals surface area contributed by atoms with Crippen LogP contribution in [0.2, 0.25) is 0 Å². The van der Waals surface area contributed by atoms with Crippen molar-refractivity contribution in [1.29, 1.82) is 0 Å². The second-order valence-corrected chi connectivity index (χ2v) is 5.93. The lowest BCUT2D eigenvalue weighted by Gasteiger charge is -2.07. The lowest BCUT2D eigenvalue weighted by atomic mass is 10.2. The first kappa shape index (κ1) is 13.3. The molecule has 0 spiro atoms. The van der Waals surface area contributed by atoms with Gasteiger partial charge in [-0.25, -0.2) is 0 Å². The van der Waals surface area contributed by atoms with Crippen LogP contribution in [0.1, 0.15) is 10.4 Å². The second-order valence-electron chi connectivity index (χ2n) is 4.10. The predicted molar refractivity (Wildman–Crippen MR) is 82.8 cm³/mol. The minimum atomic E-state index is -0.200. The monoisotopic (exact) mass is 394 g/mol. The molecular formula is C13H8Br2N4O. The number of anilines is 1. The average molecular weight is 396 g/mol. The van der Waals surface area contributed by atoms with Crippen LogP contribution >= 0.6 is 31.9 Å². The van der Waals surface area contributed by atoms with E-state index in [9.17, 15) is 4.79 Å². The normalized spacial score (nSPS) is 10.7. The van der Waals surface area contributed by atoms with Crippen molar-refractivity contribution >= 4 is 49.1 Å². The van der Waals surface area contributed by atoms with Gasteiger partial charge in [-0.05, 0) is 40.2 Å². The molecule has 7 heteroatoms. The largest absolute Gasteiger partial charge is 0.319 e. The number of halogens is 2. The molecule has 0 unspecified atom stereocenters. The first-order chi connectivity index (χ1) is 9.63. The maximum absolute atomic E-state index is 12.2. The number of nitrogens with zero attached hydrogens (tertiary/aromatic N) is 3. The maximum Gasteiger partial charge on any atom is 0.255 e. The summed E-state index contributed by atoms with van der Waals surface area (Å²) in [5, 5.41) is 10.7. The third kappa shape index (κ3) is 2.59. The Morgan fingerprint density at radius 3 is 2.85 bits per heavy atom. The van der Waals surface area contributed by atoms with Gasteiger partial charge in [-0.15, -0.1) is 10.2 Å². The molecule has 1 N–H and O–H groups in total. The van der Waals surface area contributed by atoms with Crippen molar-refractivity contribution in [2.24, 2.45) is 0 Å². The van der Waals surface area contributed by atoms with Crippen molar-refractivity contribution < 1.29 is 4.79 Å². The Bertz CT molecular complexity index is 800. The molecule has 1 aromatic carbocycles. The summed E-state index contributed by atoms with van der Waals surface area (Å²) in [6.07, 6.45) is 3.40. The Labute approximate surface area is 131 Å². The molecule has 5 nitrogen and oxygen atoms in total. The van der Waals surface area contributed by atoms with Crippen LogP contribution < -0.4 is 5.32 Å². The highest BCUT2D eigenvalue weighted by Gasteiger charge is 2.11. The summed E-state index contributed by atoms with van der Waals surface area (Å²) in [5.74, 6) is -0.200. The quantitative estimate of drug-likeness (QED) is 0.722. The first-order valence-corrected chi connectivity index (χ1v) is 7.28. The van der Waals surface area contributed by atoms with E-state index in [2.05, 4.69) is 47.4 Å². The van der Waals surface area contributed by atoms with Gasteiger partial charge in [0.1, 0.15) is 6.33 Å². The number of rotatable bonds is 2. The van der Waals surface area contributed by atoms with Crippen LogP contribution in [0.3, 0.4) is 0 Å². The Morgan fingerprint density at radius 1 is 1.20 bits per heavy atom. The van der Waals surface area contributed by atoms with E-state index in [4.69, 9.17) is 0 Å². The fourth-order valence-corrected chi connectivity index (χ4v) is 2.67. The number of nitrogens with one attached hydrogen (secondary N) is 1. The van der Waals surface area contributed by atoms with E-state index in [-0.39, 0.29) is 5.91 Å². The summed E-state index contributed by atoms with van der Waals surface area (Å²) in [5.41, 5.74) is 1.76. The molecule has 2 aromatic heterocycles. The van der Waals surface area contributed by atoms with Gasteiger partial charge in [0.25, 0.3) is 5.91 Å². The number of aromatic nitrogens is 3. The highest BCUT2D eigenvalue weighted by molar-refractivity contribution is 9.10. The summed E-state index contributed by atoms with van der Waals surface area (Å²) in [6, 6.07) is 8.98. The predicted octanol–water partition coefficient (Wildman–Crippen LogP) is 3.51. The molecule has 0 aliphatic rings. The van der Waals surface area contributed by atoms with Gasteiger partial charge in [0.2, 0.25) is 0 Å². The van der Waals surface area contributed by atoms with Crippen LogP contribution in [0.5, 0.6) is 0 Å². The fraction of sp³-hybridized carbons (Fsp3) is 0. The number of hydrogen-bond donors (Lipinski definition) is 1. The molecule has 0 saturated carbocycles. The van der Waals surface area contributed by atoms with Gasteiger partial charge < -0.3 is 5.32 Å². The van der Waals surface area contributed by atoms with Crippen molar-refractivity contribution in [3.05, 3.63) is 57.4 Å². The van der Waals surface area contributed by atoms with Crippen LogP contribution in [-0.2, 0) is 0 Å². The zero-order valence-electron chi connectivity index (χ0n) is 10.0. The summed E-state index contributed by atoms with van der Waals surface area (Å²) < 4.78 is 3.42. The molecule has 0 fully saturated rings. The summed E-state index contributed by atoms with van der Waals surface area (Å²) >= 11 is 6.74. The molecule has 0 bridgehead atoms. The summed E-state index contributed by atoms with van der Waals surface area (Å²) in [6.45, 7) is 0. The highest BCUT2D eigenvalue weighted by atomic mass is 79.9. The van der Waals surface area contributed by atoms with Gasteiger partial charge in [-0.2, -0.15) is 0 Å². The van der Waals surface area contributed by atoms with Crippen molar-refractivity contribution in [1.82, 2.24) is 14.6 Å². The van der Waals surface area contributed by atoms with Crippen molar-refractivity contribution in [2.45, 2.75) is 0 Å². The smallest absolute Gasteiger partial charge is 0.255 e. The molecule has 0 atom stereocenters. The molecule has 1 amide bonds. The molecule has 0 saturated heterocycles. The molecule has 0 aliphatic heterocycles. The molecule has 3 rings (SSSR count). The molecule has 3 aromatic rings. The second kappa shape index (κ2) is 5.34. The SMILES string of the molecule is O=C(Nc1cc(Br)cn2cnnc12)c1cccc(Br)c1. The fourth-order valence-electron chi connectivity index (χ4n) is 1.82. The van der Waals surface area contributed by atoms with Crippen molar-refractivity contribution in [2.75, 3.05) is 5.32 Å². The molecule has 0 radical (unpaired) electrons. The van der Waals surface area contributed by atoms with E-state index in [0.29, 0.717) is 16.9 Å². The van der Waals surface area contributed by atoms with Gasteiger partial charge in [-0.1, -0.05) is 22.0 Å². The van der Waals surface area contributed by atoms with Crippen LogP contribution in [-0.4, -0.2) is 20.5 Å². The third-order valence-electron chi connectivity index (χ3n) is 2.69. The number of carbonyl (C=O) groups excluding carboxylic acids is 1. The Kier molecular flexibility index (Phi) is 3.54. The minimum absolute atomic E-state index is 0.200. The first-order valence-electron chi connectivity index (χ1n) is 5.69. The number of amides is 1. The lowest BCUT2D eigenvalue weighted by Crippen LogP contribution is -2.12. The number of hydrogen-bond acceptors (Lipinski definition) is 3. The average Bonchev–Trinajstić information content (AvgIpc) is 2.86. The zero-order valence-corrected chi connectivity index (χ0v) is 13.2. The summed E-state index contributed by atoms with van der Waals surface area (Å²) in [4.78, 5) is 12.2. The zero-order chi connectivity index (χ0) is 14.1. The van der Waals surface area contributed by atoms with E-state index in [0.717, 1.165) is 8.95 Å². The molecular weight excluding hydrogens is 388 g/mol. The topological polar surface area (TPSA) is 59.3 Å². The van der Waals surface area contributed by atoms with E-state index in [1.165, 1.54) is 0 Å². The van der Waals surface area contributed by atoms with E-state index in [1.807, 2.05) is 18.3 Å². The standard InChI is InChI=1S/C13H8Br2N4O/c14-9-3-1-2-8(4-9)13(20)17-11-5-10(15)6-19-7-16-18-12(11)19/h1-7H,(H,17,20). The Morgan fingerprint density at radius 2 is 2.05 bits per heavy atom. The number of carbonyl (C=O) groups is 1. The number of fused-ring (bicyclic) bond motifs is 1. The molecule has 20 heavy (non-hydrogen) atoms. The maximum atomic E-state index is 12.2. The van der Waals surface area contributed by atoms with Gasteiger partial charge in [0.05, 0.1) is 5.69 Å². The van der Waals surface area contributed by atoms with Gasteiger partial charge >= 0.3 is 0 Å². The molecule has 2 heterocycles. The van der Waals surface area contributed by atoms with Gasteiger partial charge in [0, 0.05) is 20.7 Å². The van der Waals surface area contributed by atoms with Crippen LogP contribution in [0.4, 0.5) is 5.69 Å². The van der Waals surface area contributed by atoms with E-state index in [1.54, 1.807) is 28.9 Å². The third-order valence-corrected chi connectivity index (χ3v) is 3.62. The van der Waals surface area contributed by atoms with E-state index < -0.39 is 0 Å². The summed E-state index contributed by atoms with van der Waals surface area (Å²) in [7, 11) is 0.